The minimum absolute atomic E-state index is 0.375. The van der Waals surface area contributed by atoms with Crippen LogP contribution in [0.4, 0.5) is 5.00 Å². The number of esters is 1. The lowest BCUT2D eigenvalue weighted by atomic mass is 10.3. The quantitative estimate of drug-likeness (QED) is 0.688. The van der Waals surface area contributed by atoms with Crippen LogP contribution in [0, 0.1) is 0 Å². The molecule has 0 bridgehead atoms. The summed E-state index contributed by atoms with van der Waals surface area (Å²) in [6, 6.07) is 11.9. The van der Waals surface area contributed by atoms with Gasteiger partial charge in [0.15, 0.2) is 0 Å². The number of thiophene rings is 1. The highest BCUT2D eigenvalue weighted by atomic mass is 32.2. The first kappa shape index (κ1) is 13.0. The van der Waals surface area contributed by atoms with E-state index in [-0.39, 0.29) is 5.97 Å². The molecule has 1 heterocycles. The largest absolute Gasteiger partial charge is 0.465 e. The molecule has 0 radical (unpaired) electrons. The molecule has 1 aromatic heterocycles. The smallest absolute Gasteiger partial charge is 0.340 e. The predicted octanol–water partition coefficient (Wildman–Crippen LogP) is 3.41. The fourth-order valence-electron chi connectivity index (χ4n) is 1.47. The Kier molecular flexibility index (Phi) is 4.28. The van der Waals surface area contributed by atoms with Crippen LogP contribution in [-0.2, 0) is 10.5 Å². The van der Waals surface area contributed by atoms with Crippen molar-refractivity contribution in [3.05, 3.63) is 46.8 Å². The van der Waals surface area contributed by atoms with E-state index in [2.05, 4.69) is 16.9 Å². The summed E-state index contributed by atoms with van der Waals surface area (Å²) < 4.78 is 4.67. The van der Waals surface area contributed by atoms with Gasteiger partial charge in [0.2, 0.25) is 0 Å². The lowest BCUT2D eigenvalue weighted by Gasteiger charge is -1.98. The van der Waals surface area contributed by atoms with Crippen LogP contribution in [0.5, 0.6) is 0 Å². The van der Waals surface area contributed by atoms with Gasteiger partial charge < -0.3 is 10.5 Å². The maximum atomic E-state index is 11.4. The average Bonchev–Trinajstić information content (AvgIpc) is 2.78. The summed E-state index contributed by atoms with van der Waals surface area (Å²) in [6.07, 6.45) is 0. The molecule has 18 heavy (non-hydrogen) atoms. The van der Waals surface area contributed by atoms with Gasteiger partial charge in [-0.25, -0.2) is 4.79 Å². The maximum Gasteiger partial charge on any atom is 0.340 e. The van der Waals surface area contributed by atoms with Crippen molar-refractivity contribution < 1.29 is 9.53 Å². The highest BCUT2D eigenvalue weighted by molar-refractivity contribution is 7.98. The molecule has 0 aliphatic carbocycles. The molecule has 5 heteroatoms. The van der Waals surface area contributed by atoms with Gasteiger partial charge in [0.1, 0.15) is 5.00 Å². The number of anilines is 1. The van der Waals surface area contributed by atoms with Crippen LogP contribution >= 0.6 is 23.1 Å². The zero-order valence-electron chi connectivity index (χ0n) is 9.88. The number of hydrogen-bond donors (Lipinski definition) is 1. The number of thioether (sulfide) groups is 1. The van der Waals surface area contributed by atoms with Crippen LogP contribution < -0.4 is 5.73 Å². The number of rotatable bonds is 4. The Bertz CT molecular complexity index is 537. The Labute approximate surface area is 114 Å². The number of nitrogen functional groups attached to an aromatic ring is 1. The van der Waals surface area contributed by atoms with Gasteiger partial charge in [-0.1, -0.05) is 18.2 Å². The molecule has 3 nitrogen and oxygen atoms in total. The van der Waals surface area contributed by atoms with E-state index >= 15 is 0 Å². The number of benzene rings is 1. The van der Waals surface area contributed by atoms with Crippen LogP contribution in [0.15, 0.2) is 41.3 Å². The number of hydrogen-bond acceptors (Lipinski definition) is 5. The van der Waals surface area contributed by atoms with Gasteiger partial charge in [-0.05, 0) is 18.2 Å². The molecule has 2 aromatic rings. The molecule has 2 rings (SSSR count). The van der Waals surface area contributed by atoms with Gasteiger partial charge >= 0.3 is 5.97 Å². The fourth-order valence-corrected chi connectivity index (χ4v) is 3.34. The number of methoxy groups -OCH3 is 1. The van der Waals surface area contributed by atoms with Gasteiger partial charge in [-0.2, -0.15) is 0 Å². The van der Waals surface area contributed by atoms with Crippen LogP contribution in [0.3, 0.4) is 0 Å². The minimum Gasteiger partial charge on any atom is -0.465 e. The van der Waals surface area contributed by atoms with Crippen LogP contribution in [0.25, 0.3) is 0 Å². The molecular weight excluding hydrogens is 266 g/mol. The number of carbonyl (C=O) groups excluding carboxylic acids is 1. The number of nitrogens with two attached hydrogens (primary N) is 1. The lowest BCUT2D eigenvalue weighted by Crippen LogP contribution is -2.01. The van der Waals surface area contributed by atoms with Crippen molar-refractivity contribution in [3.63, 3.8) is 0 Å². The predicted molar refractivity (Wildman–Crippen MR) is 76.1 cm³/mol. The van der Waals surface area contributed by atoms with E-state index in [1.54, 1.807) is 11.8 Å². The Balaban J connectivity index is 2.05. The van der Waals surface area contributed by atoms with E-state index in [1.165, 1.54) is 23.3 Å². The maximum absolute atomic E-state index is 11.4. The minimum atomic E-state index is -0.375. The molecule has 0 spiro atoms. The Morgan fingerprint density at radius 1 is 1.39 bits per heavy atom. The van der Waals surface area contributed by atoms with E-state index in [9.17, 15) is 4.79 Å². The molecule has 0 aliphatic rings. The van der Waals surface area contributed by atoms with E-state index < -0.39 is 0 Å². The molecular formula is C13H13NO2S2. The highest BCUT2D eigenvalue weighted by Gasteiger charge is 2.14. The van der Waals surface area contributed by atoms with Crippen LogP contribution in [0.1, 0.15) is 15.2 Å². The third-order valence-corrected chi connectivity index (χ3v) is 4.55. The van der Waals surface area contributed by atoms with E-state index in [0.717, 1.165) is 10.6 Å². The summed E-state index contributed by atoms with van der Waals surface area (Å²) in [6.45, 7) is 0. The molecule has 0 amide bonds. The average molecular weight is 279 g/mol. The first-order valence-electron chi connectivity index (χ1n) is 5.35. The molecule has 0 saturated heterocycles. The van der Waals surface area contributed by atoms with Crippen LogP contribution in [-0.4, -0.2) is 13.1 Å². The van der Waals surface area contributed by atoms with E-state index in [1.807, 2.05) is 24.3 Å². The van der Waals surface area contributed by atoms with Gasteiger partial charge in [0.05, 0.1) is 12.7 Å². The second kappa shape index (κ2) is 5.93. The number of carbonyl (C=O) groups is 1. The molecule has 0 aliphatic heterocycles. The second-order valence-electron chi connectivity index (χ2n) is 3.58. The summed E-state index contributed by atoms with van der Waals surface area (Å²) in [5.41, 5.74) is 6.26. The highest BCUT2D eigenvalue weighted by Crippen LogP contribution is 2.31. The van der Waals surface area contributed by atoms with Gasteiger partial charge in [0.25, 0.3) is 0 Å². The molecule has 94 valence electrons. The van der Waals surface area contributed by atoms with Crippen molar-refractivity contribution in [1.82, 2.24) is 0 Å². The molecule has 1 aromatic carbocycles. The zero-order chi connectivity index (χ0) is 13.0. The Morgan fingerprint density at radius 3 is 2.78 bits per heavy atom. The fraction of sp³-hybridized carbons (Fsp3) is 0.154. The van der Waals surface area contributed by atoms with Crippen molar-refractivity contribution >= 4 is 34.1 Å². The normalized spacial score (nSPS) is 10.3. The monoisotopic (exact) mass is 279 g/mol. The van der Waals surface area contributed by atoms with Gasteiger partial charge in [-0.3, -0.25) is 0 Å². The van der Waals surface area contributed by atoms with Crippen molar-refractivity contribution in [2.75, 3.05) is 12.8 Å². The van der Waals surface area contributed by atoms with Crippen molar-refractivity contribution in [2.45, 2.75) is 10.6 Å². The molecule has 0 unspecified atom stereocenters. The first-order valence-corrected chi connectivity index (χ1v) is 7.15. The van der Waals surface area contributed by atoms with Gasteiger partial charge in [-0.15, -0.1) is 23.1 Å². The standard InChI is InChI=1S/C13H13NO2S2/c1-16-13(15)11-7-10(18-12(11)14)8-17-9-5-3-2-4-6-9/h2-7H,8,14H2,1H3. The summed E-state index contributed by atoms with van der Waals surface area (Å²) in [5, 5.41) is 0.519. The SMILES string of the molecule is COC(=O)c1cc(CSc2ccccc2)sc1N. The van der Waals surface area contributed by atoms with Crippen molar-refractivity contribution in [3.8, 4) is 0 Å². The van der Waals surface area contributed by atoms with Gasteiger partial charge in [0, 0.05) is 15.5 Å². The van der Waals surface area contributed by atoms with E-state index in [0.29, 0.717) is 10.6 Å². The molecule has 0 fully saturated rings. The molecule has 2 N–H and O–H groups in total. The second-order valence-corrected chi connectivity index (χ2v) is 5.80. The Hall–Kier alpha value is -1.46. The zero-order valence-corrected chi connectivity index (χ0v) is 11.5. The summed E-state index contributed by atoms with van der Waals surface area (Å²) >= 11 is 3.15. The molecule has 0 saturated carbocycles. The van der Waals surface area contributed by atoms with Crippen molar-refractivity contribution in [1.29, 1.82) is 0 Å². The van der Waals surface area contributed by atoms with Crippen LogP contribution in [0.2, 0.25) is 0 Å². The summed E-state index contributed by atoms with van der Waals surface area (Å²) in [7, 11) is 1.36. The first-order chi connectivity index (χ1) is 8.70. The molecule has 0 atom stereocenters. The van der Waals surface area contributed by atoms with Crippen molar-refractivity contribution in [2.24, 2.45) is 0 Å². The lowest BCUT2D eigenvalue weighted by molar-refractivity contribution is 0.0602. The third kappa shape index (κ3) is 3.05. The Morgan fingerprint density at radius 2 is 2.11 bits per heavy atom. The summed E-state index contributed by atoms with van der Waals surface area (Å²) in [5.74, 6) is 0.426. The topological polar surface area (TPSA) is 52.3 Å². The third-order valence-electron chi connectivity index (χ3n) is 2.34. The van der Waals surface area contributed by atoms with E-state index in [4.69, 9.17) is 5.73 Å². The summed E-state index contributed by atoms with van der Waals surface area (Å²) in [4.78, 5) is 13.7. The number of ether oxygens (including phenoxy) is 1.